The lowest BCUT2D eigenvalue weighted by molar-refractivity contribution is 0.415. The van der Waals surface area contributed by atoms with Gasteiger partial charge in [-0.25, -0.2) is 9.37 Å². The van der Waals surface area contributed by atoms with Gasteiger partial charge in [0.15, 0.2) is 0 Å². The molecule has 0 aliphatic heterocycles. The summed E-state index contributed by atoms with van der Waals surface area (Å²) in [6.45, 7) is 1.85. The second kappa shape index (κ2) is 5.45. The number of methoxy groups -OCH3 is 1. The van der Waals surface area contributed by atoms with Gasteiger partial charge in [-0.2, -0.15) is 5.26 Å². The van der Waals surface area contributed by atoms with Gasteiger partial charge in [0, 0.05) is 16.6 Å². The van der Waals surface area contributed by atoms with Gasteiger partial charge < -0.3 is 4.74 Å². The zero-order chi connectivity index (χ0) is 15.7. The maximum atomic E-state index is 13.6. The van der Waals surface area contributed by atoms with E-state index in [1.54, 1.807) is 19.2 Å². The van der Waals surface area contributed by atoms with Crippen LogP contribution in [0.5, 0.6) is 5.75 Å². The van der Waals surface area contributed by atoms with Crippen LogP contribution in [0.4, 0.5) is 4.39 Å². The summed E-state index contributed by atoms with van der Waals surface area (Å²) in [5, 5.41) is 11.2. The van der Waals surface area contributed by atoms with Crippen LogP contribution in [0.2, 0.25) is 0 Å². The Labute approximate surface area is 127 Å². The minimum Gasteiger partial charge on any atom is -0.497 e. The first kappa shape index (κ1) is 14.0. The van der Waals surface area contributed by atoms with Gasteiger partial charge in [-0.3, -0.25) is 0 Å². The van der Waals surface area contributed by atoms with Crippen LogP contribution in [0.25, 0.3) is 21.9 Å². The lowest BCUT2D eigenvalue weighted by Crippen LogP contribution is -1.96. The standard InChI is InChI=1S/C18H13FN2O/c1-11-15-7-6-14(22-2)9-16(15)18(17(10-20)21-11)12-4-3-5-13(19)8-12/h3-9H,1-2H3. The average Bonchev–Trinajstić information content (AvgIpc) is 2.54. The van der Waals surface area contributed by atoms with Crippen molar-refractivity contribution >= 4 is 10.8 Å². The average molecular weight is 292 g/mol. The molecular weight excluding hydrogens is 279 g/mol. The Hall–Kier alpha value is -2.93. The van der Waals surface area contributed by atoms with Crippen molar-refractivity contribution in [1.82, 2.24) is 4.98 Å². The molecule has 0 bridgehead atoms. The summed E-state index contributed by atoms with van der Waals surface area (Å²) < 4.78 is 18.9. The van der Waals surface area contributed by atoms with Crippen molar-refractivity contribution in [2.75, 3.05) is 7.11 Å². The number of nitriles is 1. The summed E-state index contributed by atoms with van der Waals surface area (Å²) in [6.07, 6.45) is 0. The fraction of sp³-hybridized carbons (Fsp3) is 0.111. The molecule has 0 N–H and O–H groups in total. The van der Waals surface area contributed by atoms with Crippen LogP contribution in [0.15, 0.2) is 42.5 Å². The van der Waals surface area contributed by atoms with Gasteiger partial charge in [0.25, 0.3) is 0 Å². The van der Waals surface area contributed by atoms with Gasteiger partial charge in [-0.05, 0) is 48.2 Å². The second-order valence-electron chi connectivity index (χ2n) is 4.95. The molecule has 0 saturated heterocycles. The number of hydrogen-bond acceptors (Lipinski definition) is 3. The highest BCUT2D eigenvalue weighted by Crippen LogP contribution is 2.34. The molecule has 0 radical (unpaired) electrons. The minimum atomic E-state index is -0.349. The molecule has 108 valence electrons. The lowest BCUT2D eigenvalue weighted by Gasteiger charge is -2.12. The summed E-state index contributed by atoms with van der Waals surface area (Å²) in [7, 11) is 1.59. The number of rotatable bonds is 2. The second-order valence-corrected chi connectivity index (χ2v) is 4.95. The van der Waals surface area contributed by atoms with Crippen LogP contribution < -0.4 is 4.74 Å². The van der Waals surface area contributed by atoms with Crippen molar-refractivity contribution in [1.29, 1.82) is 5.26 Å². The summed E-state index contributed by atoms with van der Waals surface area (Å²) in [6, 6.07) is 13.9. The van der Waals surface area contributed by atoms with E-state index in [2.05, 4.69) is 11.1 Å². The largest absolute Gasteiger partial charge is 0.497 e. The molecule has 0 fully saturated rings. The van der Waals surface area contributed by atoms with Crippen molar-refractivity contribution in [2.45, 2.75) is 6.92 Å². The highest BCUT2D eigenvalue weighted by molar-refractivity contribution is 6.00. The number of aromatic nitrogens is 1. The molecule has 0 amide bonds. The fourth-order valence-corrected chi connectivity index (χ4v) is 2.60. The van der Waals surface area contributed by atoms with Gasteiger partial charge in [0.05, 0.1) is 7.11 Å². The number of pyridine rings is 1. The van der Waals surface area contributed by atoms with E-state index >= 15 is 0 Å². The van der Waals surface area contributed by atoms with Crippen LogP contribution in [0.1, 0.15) is 11.4 Å². The molecule has 2 aromatic carbocycles. The van der Waals surface area contributed by atoms with Crippen molar-refractivity contribution in [2.24, 2.45) is 0 Å². The van der Waals surface area contributed by atoms with E-state index in [0.717, 1.165) is 16.5 Å². The van der Waals surface area contributed by atoms with Gasteiger partial charge in [-0.1, -0.05) is 12.1 Å². The third-order valence-corrected chi connectivity index (χ3v) is 3.62. The number of nitrogens with zero attached hydrogens (tertiary/aromatic N) is 2. The number of ether oxygens (including phenoxy) is 1. The molecule has 0 saturated carbocycles. The molecular formula is C18H13FN2O. The number of halogens is 1. The molecule has 0 aliphatic rings. The van der Waals surface area contributed by atoms with Gasteiger partial charge >= 0.3 is 0 Å². The SMILES string of the molecule is COc1ccc2c(C)nc(C#N)c(-c3cccc(F)c3)c2c1. The Morgan fingerprint density at radius 3 is 2.64 bits per heavy atom. The molecule has 4 heteroatoms. The number of aryl methyl sites for hydroxylation is 1. The van der Waals surface area contributed by atoms with E-state index in [-0.39, 0.29) is 11.5 Å². The highest BCUT2D eigenvalue weighted by atomic mass is 19.1. The molecule has 3 nitrogen and oxygen atoms in total. The topological polar surface area (TPSA) is 45.9 Å². The molecule has 0 atom stereocenters. The maximum Gasteiger partial charge on any atom is 0.149 e. The predicted molar refractivity (Wildman–Crippen MR) is 83.1 cm³/mol. The Balaban J connectivity index is 2.45. The first-order valence-electron chi connectivity index (χ1n) is 6.78. The van der Waals surface area contributed by atoms with Crippen molar-refractivity contribution in [3.8, 4) is 22.9 Å². The Morgan fingerprint density at radius 1 is 1.14 bits per heavy atom. The van der Waals surface area contributed by atoms with Crippen LogP contribution >= 0.6 is 0 Å². The van der Waals surface area contributed by atoms with Gasteiger partial charge in [-0.15, -0.1) is 0 Å². The zero-order valence-corrected chi connectivity index (χ0v) is 12.2. The molecule has 0 unspecified atom stereocenters. The van der Waals surface area contributed by atoms with E-state index < -0.39 is 0 Å². The van der Waals surface area contributed by atoms with E-state index in [1.807, 2.05) is 25.1 Å². The van der Waals surface area contributed by atoms with Crippen LogP contribution in [-0.4, -0.2) is 12.1 Å². The number of fused-ring (bicyclic) bond motifs is 1. The Bertz CT molecular complexity index is 913. The normalized spacial score (nSPS) is 10.5. The molecule has 0 spiro atoms. The maximum absolute atomic E-state index is 13.6. The summed E-state index contributed by atoms with van der Waals surface area (Å²) in [4.78, 5) is 4.36. The van der Waals surface area contributed by atoms with E-state index in [9.17, 15) is 9.65 Å². The van der Waals surface area contributed by atoms with E-state index in [1.165, 1.54) is 12.1 Å². The van der Waals surface area contributed by atoms with Crippen molar-refractivity contribution in [3.63, 3.8) is 0 Å². The highest BCUT2D eigenvalue weighted by Gasteiger charge is 2.15. The molecule has 3 rings (SSSR count). The Morgan fingerprint density at radius 2 is 1.95 bits per heavy atom. The fourth-order valence-electron chi connectivity index (χ4n) is 2.60. The Kier molecular flexibility index (Phi) is 3.48. The summed E-state index contributed by atoms with van der Waals surface area (Å²) in [5.74, 6) is 0.331. The van der Waals surface area contributed by atoms with Crippen LogP contribution in [0, 0.1) is 24.1 Å². The minimum absolute atomic E-state index is 0.281. The summed E-state index contributed by atoms with van der Waals surface area (Å²) in [5.41, 5.74) is 2.29. The summed E-state index contributed by atoms with van der Waals surface area (Å²) >= 11 is 0. The zero-order valence-electron chi connectivity index (χ0n) is 12.2. The third kappa shape index (κ3) is 2.27. The van der Waals surface area contributed by atoms with E-state index in [0.29, 0.717) is 16.9 Å². The number of hydrogen-bond donors (Lipinski definition) is 0. The first-order valence-corrected chi connectivity index (χ1v) is 6.78. The molecule has 22 heavy (non-hydrogen) atoms. The van der Waals surface area contributed by atoms with E-state index in [4.69, 9.17) is 4.74 Å². The monoisotopic (exact) mass is 292 g/mol. The lowest BCUT2D eigenvalue weighted by atomic mass is 9.96. The van der Waals surface area contributed by atoms with Crippen molar-refractivity contribution in [3.05, 3.63) is 59.7 Å². The smallest absolute Gasteiger partial charge is 0.149 e. The number of benzene rings is 2. The molecule has 1 heterocycles. The predicted octanol–water partition coefficient (Wildman–Crippen LogP) is 4.23. The molecule has 0 aliphatic carbocycles. The van der Waals surface area contributed by atoms with Crippen LogP contribution in [0.3, 0.4) is 0 Å². The first-order chi connectivity index (χ1) is 10.6. The van der Waals surface area contributed by atoms with Crippen molar-refractivity contribution < 1.29 is 9.13 Å². The van der Waals surface area contributed by atoms with Crippen LogP contribution in [-0.2, 0) is 0 Å². The third-order valence-electron chi connectivity index (χ3n) is 3.62. The molecule has 3 aromatic rings. The van der Waals surface area contributed by atoms with Gasteiger partial charge in [0.2, 0.25) is 0 Å². The quantitative estimate of drug-likeness (QED) is 0.710. The van der Waals surface area contributed by atoms with Gasteiger partial charge in [0.1, 0.15) is 23.3 Å². The molecule has 1 aromatic heterocycles.